The van der Waals surface area contributed by atoms with Crippen LogP contribution in [0.15, 0.2) is 60.0 Å². The van der Waals surface area contributed by atoms with Gasteiger partial charge in [-0.15, -0.1) is 5.10 Å². The van der Waals surface area contributed by atoms with Crippen molar-refractivity contribution in [3.05, 3.63) is 76.7 Å². The molecule has 1 aliphatic heterocycles. The number of H-pyrrole nitrogens is 1. The zero-order chi connectivity index (χ0) is 19.7. The molecule has 6 nitrogen and oxygen atoms in total. The van der Waals surface area contributed by atoms with E-state index in [0.29, 0.717) is 18.1 Å². The van der Waals surface area contributed by atoms with Gasteiger partial charge in [0.25, 0.3) is 0 Å². The van der Waals surface area contributed by atoms with E-state index >= 15 is 0 Å². The molecule has 0 spiro atoms. The van der Waals surface area contributed by atoms with Crippen molar-refractivity contribution in [3.8, 4) is 29.0 Å². The van der Waals surface area contributed by atoms with E-state index in [9.17, 15) is 5.26 Å². The Morgan fingerprint density at radius 1 is 1.18 bits per heavy atom. The number of nitrogens with zero attached hydrogens (tertiary/aromatic N) is 2. The summed E-state index contributed by atoms with van der Waals surface area (Å²) in [6, 6.07) is 18.0. The Labute approximate surface area is 163 Å². The molecule has 0 fully saturated rings. The smallest absolute Gasteiger partial charge is 0.244 e. The van der Waals surface area contributed by atoms with Crippen LogP contribution in [-0.2, 0) is 0 Å². The highest BCUT2D eigenvalue weighted by Crippen LogP contribution is 2.45. The minimum Gasteiger partial charge on any atom is -0.494 e. The fraction of sp³-hybridized carbons (Fsp3) is 0.182. The number of hydrogen-bond acceptors (Lipinski definition) is 5. The number of benzene rings is 2. The molecule has 28 heavy (non-hydrogen) atoms. The highest BCUT2D eigenvalue weighted by atomic mass is 16.5. The van der Waals surface area contributed by atoms with E-state index in [4.69, 9.17) is 15.2 Å². The summed E-state index contributed by atoms with van der Waals surface area (Å²) in [4.78, 5) is 0. The van der Waals surface area contributed by atoms with Gasteiger partial charge in [-0.2, -0.15) is 5.26 Å². The minimum absolute atomic E-state index is 0.0883. The summed E-state index contributed by atoms with van der Waals surface area (Å²) in [7, 11) is 0. The van der Waals surface area contributed by atoms with Crippen LogP contribution >= 0.6 is 0 Å². The molecule has 6 heteroatoms. The van der Waals surface area contributed by atoms with Crippen molar-refractivity contribution in [1.29, 1.82) is 5.26 Å². The Hall–Kier alpha value is -3.72. The van der Waals surface area contributed by atoms with Gasteiger partial charge in [0, 0.05) is 5.56 Å². The molecule has 0 saturated heterocycles. The van der Waals surface area contributed by atoms with Gasteiger partial charge in [0.15, 0.2) is 0 Å². The maximum absolute atomic E-state index is 9.75. The Kier molecular flexibility index (Phi) is 4.50. The highest BCUT2D eigenvalue weighted by Gasteiger charge is 2.35. The van der Waals surface area contributed by atoms with E-state index in [0.717, 1.165) is 33.7 Å². The van der Waals surface area contributed by atoms with Crippen molar-refractivity contribution < 1.29 is 9.47 Å². The first kappa shape index (κ1) is 17.7. The maximum Gasteiger partial charge on any atom is 0.244 e. The second-order valence-corrected chi connectivity index (χ2v) is 6.61. The van der Waals surface area contributed by atoms with Crippen LogP contribution < -0.4 is 15.2 Å². The number of nitriles is 1. The largest absolute Gasteiger partial charge is 0.494 e. The van der Waals surface area contributed by atoms with Gasteiger partial charge in [-0.3, -0.25) is 5.10 Å². The number of rotatable bonds is 4. The molecule has 4 rings (SSSR count). The number of nitrogens with two attached hydrogens (primary N) is 1. The molecule has 1 aromatic heterocycles. The average molecular weight is 372 g/mol. The lowest BCUT2D eigenvalue weighted by molar-refractivity contribution is 0.340. The summed E-state index contributed by atoms with van der Waals surface area (Å²) in [5.41, 5.74) is 11.0. The first-order valence-corrected chi connectivity index (χ1v) is 9.08. The Balaban J connectivity index is 1.85. The van der Waals surface area contributed by atoms with Crippen molar-refractivity contribution in [1.82, 2.24) is 10.2 Å². The summed E-state index contributed by atoms with van der Waals surface area (Å²) < 4.78 is 11.2. The Morgan fingerprint density at radius 3 is 2.54 bits per heavy atom. The van der Waals surface area contributed by atoms with E-state index in [2.05, 4.69) is 16.3 Å². The summed E-state index contributed by atoms with van der Waals surface area (Å²) in [5, 5.41) is 17.1. The predicted octanol–water partition coefficient (Wildman–Crippen LogP) is 4.00. The van der Waals surface area contributed by atoms with Crippen LogP contribution in [0.1, 0.15) is 29.5 Å². The highest BCUT2D eigenvalue weighted by molar-refractivity contribution is 5.71. The molecule has 3 N–H and O–H groups in total. The summed E-state index contributed by atoms with van der Waals surface area (Å²) in [6.07, 6.45) is 0. The molecule has 1 atom stereocenters. The molecule has 0 amide bonds. The Bertz CT molecular complexity index is 1070. The van der Waals surface area contributed by atoms with Crippen LogP contribution in [0.5, 0.6) is 11.6 Å². The van der Waals surface area contributed by atoms with Crippen LogP contribution in [0.4, 0.5) is 0 Å². The number of aromatic nitrogens is 2. The van der Waals surface area contributed by atoms with E-state index in [1.54, 1.807) is 0 Å². The molecule has 0 bridgehead atoms. The quantitative estimate of drug-likeness (QED) is 0.721. The lowest BCUT2D eigenvalue weighted by atomic mass is 9.83. The first-order valence-electron chi connectivity index (χ1n) is 9.08. The number of allylic oxidation sites excluding steroid dienone is 1. The average Bonchev–Trinajstić information content (AvgIpc) is 3.12. The summed E-state index contributed by atoms with van der Waals surface area (Å²) in [5.74, 6) is 0.929. The van der Waals surface area contributed by atoms with Crippen LogP contribution in [0.3, 0.4) is 0 Å². The van der Waals surface area contributed by atoms with Gasteiger partial charge in [0.05, 0.1) is 23.8 Å². The van der Waals surface area contributed by atoms with E-state index < -0.39 is 0 Å². The third-order valence-electron chi connectivity index (χ3n) is 4.80. The number of aryl methyl sites for hydroxylation is 1. The van der Waals surface area contributed by atoms with Crippen molar-refractivity contribution in [3.63, 3.8) is 0 Å². The van der Waals surface area contributed by atoms with Gasteiger partial charge >= 0.3 is 0 Å². The molecule has 3 aromatic rings. The fourth-order valence-corrected chi connectivity index (χ4v) is 3.44. The SMILES string of the molecule is CCOc1ccc(-c2[nH]nc3c2C(c2ccc(C)cc2)C(C#N)=C(N)O3)cc1. The second-order valence-electron chi connectivity index (χ2n) is 6.61. The van der Waals surface area contributed by atoms with Crippen molar-refractivity contribution in [2.24, 2.45) is 5.73 Å². The van der Waals surface area contributed by atoms with E-state index in [-0.39, 0.29) is 11.8 Å². The molecule has 140 valence electrons. The normalized spacial score (nSPS) is 15.5. The van der Waals surface area contributed by atoms with Gasteiger partial charge in [-0.1, -0.05) is 29.8 Å². The Morgan fingerprint density at radius 2 is 1.89 bits per heavy atom. The minimum atomic E-state index is -0.352. The fourth-order valence-electron chi connectivity index (χ4n) is 3.44. The molecular weight excluding hydrogens is 352 g/mol. The van der Waals surface area contributed by atoms with Crippen LogP contribution in [0.2, 0.25) is 0 Å². The van der Waals surface area contributed by atoms with Crippen LogP contribution in [-0.4, -0.2) is 16.8 Å². The second kappa shape index (κ2) is 7.12. The number of aromatic amines is 1. The number of nitrogens with one attached hydrogen (secondary N) is 1. The molecular formula is C22H20N4O2. The number of fused-ring (bicyclic) bond motifs is 1. The van der Waals surface area contributed by atoms with Crippen molar-refractivity contribution >= 4 is 0 Å². The van der Waals surface area contributed by atoms with E-state index in [1.165, 1.54) is 0 Å². The molecule has 2 heterocycles. The number of ether oxygens (including phenoxy) is 2. The third-order valence-corrected chi connectivity index (χ3v) is 4.80. The third kappa shape index (κ3) is 2.97. The molecule has 1 unspecified atom stereocenters. The van der Waals surface area contributed by atoms with Gasteiger partial charge in [0.1, 0.15) is 17.4 Å². The molecule has 2 aromatic carbocycles. The topological polar surface area (TPSA) is 97.0 Å². The summed E-state index contributed by atoms with van der Waals surface area (Å²) in [6.45, 7) is 4.58. The lowest BCUT2D eigenvalue weighted by Gasteiger charge is -2.24. The summed E-state index contributed by atoms with van der Waals surface area (Å²) >= 11 is 0. The zero-order valence-electron chi connectivity index (χ0n) is 15.7. The first-order chi connectivity index (χ1) is 13.6. The maximum atomic E-state index is 9.75. The molecule has 0 saturated carbocycles. The molecule has 1 aliphatic rings. The van der Waals surface area contributed by atoms with E-state index in [1.807, 2.05) is 62.4 Å². The lowest BCUT2D eigenvalue weighted by Crippen LogP contribution is -2.21. The van der Waals surface area contributed by atoms with Crippen molar-refractivity contribution in [2.75, 3.05) is 6.61 Å². The van der Waals surface area contributed by atoms with Gasteiger partial charge in [-0.25, -0.2) is 0 Å². The monoisotopic (exact) mass is 372 g/mol. The predicted molar refractivity (Wildman–Crippen MR) is 106 cm³/mol. The van der Waals surface area contributed by atoms with Gasteiger partial charge in [0.2, 0.25) is 11.8 Å². The van der Waals surface area contributed by atoms with Crippen LogP contribution in [0.25, 0.3) is 11.3 Å². The molecule has 0 radical (unpaired) electrons. The van der Waals surface area contributed by atoms with Gasteiger partial charge < -0.3 is 15.2 Å². The van der Waals surface area contributed by atoms with Crippen molar-refractivity contribution in [2.45, 2.75) is 19.8 Å². The van der Waals surface area contributed by atoms with Crippen LogP contribution in [0, 0.1) is 18.3 Å². The standard InChI is InChI=1S/C22H20N4O2/c1-3-27-16-10-8-15(9-11-16)20-19-18(14-6-4-13(2)5-7-14)17(12-23)21(24)28-22(19)26-25-20/h4-11,18H,3,24H2,1-2H3,(H,25,26). The zero-order valence-corrected chi connectivity index (χ0v) is 15.7. The van der Waals surface area contributed by atoms with Gasteiger partial charge in [-0.05, 0) is 43.7 Å². The number of hydrogen-bond donors (Lipinski definition) is 2. The molecule has 0 aliphatic carbocycles.